The van der Waals surface area contributed by atoms with Gasteiger partial charge >= 0.3 is 6.03 Å². The average Bonchev–Trinajstić information content (AvgIpc) is 2.27. The Morgan fingerprint density at radius 2 is 2.40 bits per heavy atom. The number of likely N-dealkylation sites (N-methyl/N-ethyl adjacent to an activating group) is 1. The van der Waals surface area contributed by atoms with Crippen LogP contribution >= 0.6 is 0 Å². The molecule has 1 heterocycles. The van der Waals surface area contributed by atoms with Crippen LogP contribution in [0.4, 0.5) is 10.6 Å². The van der Waals surface area contributed by atoms with Crippen molar-refractivity contribution in [2.75, 3.05) is 25.0 Å². The van der Waals surface area contributed by atoms with Gasteiger partial charge in [-0.05, 0) is 19.1 Å². The summed E-state index contributed by atoms with van der Waals surface area (Å²) >= 11 is 0. The quantitative estimate of drug-likeness (QED) is 0.775. The lowest BCUT2D eigenvalue weighted by atomic mass is 10.4. The van der Waals surface area contributed by atoms with E-state index in [2.05, 4.69) is 10.3 Å². The third kappa shape index (κ3) is 3.55. The highest BCUT2D eigenvalue weighted by atomic mass is 16.3. The van der Waals surface area contributed by atoms with Gasteiger partial charge in [0.05, 0.1) is 6.61 Å². The van der Waals surface area contributed by atoms with Crippen molar-refractivity contribution in [3.8, 4) is 0 Å². The van der Waals surface area contributed by atoms with Crippen LogP contribution in [-0.4, -0.2) is 40.7 Å². The Kier molecular flexibility index (Phi) is 4.56. The molecule has 2 N–H and O–H groups in total. The smallest absolute Gasteiger partial charge is 0.323 e. The van der Waals surface area contributed by atoms with Gasteiger partial charge in [-0.15, -0.1) is 0 Å². The second-order valence-corrected chi connectivity index (χ2v) is 2.95. The maximum Gasteiger partial charge on any atom is 0.323 e. The molecule has 0 bridgehead atoms. The monoisotopic (exact) mass is 209 g/mol. The molecule has 5 heteroatoms. The van der Waals surface area contributed by atoms with Crippen LogP contribution in [-0.2, 0) is 0 Å². The van der Waals surface area contributed by atoms with Gasteiger partial charge in [-0.1, -0.05) is 6.07 Å². The molecular weight excluding hydrogens is 194 g/mol. The fraction of sp³-hybridized carbons (Fsp3) is 0.400. The van der Waals surface area contributed by atoms with Gasteiger partial charge in [0.15, 0.2) is 0 Å². The normalized spacial score (nSPS) is 9.73. The van der Waals surface area contributed by atoms with E-state index in [1.807, 2.05) is 6.92 Å². The number of nitrogens with zero attached hydrogens (tertiary/aromatic N) is 2. The minimum atomic E-state index is -0.245. The molecule has 0 fully saturated rings. The van der Waals surface area contributed by atoms with Gasteiger partial charge in [0, 0.05) is 19.3 Å². The van der Waals surface area contributed by atoms with Crippen molar-refractivity contribution in [2.24, 2.45) is 0 Å². The van der Waals surface area contributed by atoms with Crippen LogP contribution < -0.4 is 5.32 Å². The van der Waals surface area contributed by atoms with Crippen molar-refractivity contribution in [1.29, 1.82) is 0 Å². The Bertz CT molecular complexity index is 303. The van der Waals surface area contributed by atoms with Crippen molar-refractivity contribution in [3.63, 3.8) is 0 Å². The first kappa shape index (κ1) is 11.5. The molecule has 0 radical (unpaired) electrons. The number of carbonyl (C=O) groups excluding carboxylic acids is 1. The van der Waals surface area contributed by atoms with Crippen molar-refractivity contribution in [2.45, 2.75) is 6.92 Å². The van der Waals surface area contributed by atoms with Crippen molar-refractivity contribution < 1.29 is 9.90 Å². The number of aromatic nitrogens is 1. The zero-order chi connectivity index (χ0) is 11.1. The van der Waals surface area contributed by atoms with Gasteiger partial charge in [0.1, 0.15) is 5.82 Å². The molecule has 5 nitrogen and oxygen atoms in total. The number of hydrogen-bond acceptors (Lipinski definition) is 3. The van der Waals surface area contributed by atoms with E-state index >= 15 is 0 Å². The summed E-state index contributed by atoms with van der Waals surface area (Å²) in [6.07, 6.45) is 1.61. The van der Waals surface area contributed by atoms with Crippen molar-refractivity contribution >= 4 is 11.8 Å². The first-order chi connectivity index (χ1) is 7.27. The highest BCUT2D eigenvalue weighted by Crippen LogP contribution is 2.01. The number of hydrogen-bond donors (Lipinski definition) is 2. The fourth-order valence-corrected chi connectivity index (χ4v) is 1.15. The molecule has 0 aromatic carbocycles. The lowest BCUT2D eigenvalue weighted by molar-refractivity contribution is 0.192. The largest absolute Gasteiger partial charge is 0.395 e. The molecule has 0 saturated heterocycles. The predicted octanol–water partition coefficient (Wildman–Crippen LogP) is 0.928. The van der Waals surface area contributed by atoms with Crippen LogP contribution in [0.25, 0.3) is 0 Å². The van der Waals surface area contributed by atoms with Crippen LogP contribution in [0.5, 0.6) is 0 Å². The zero-order valence-electron chi connectivity index (χ0n) is 8.68. The van der Waals surface area contributed by atoms with Crippen LogP contribution in [0, 0.1) is 0 Å². The van der Waals surface area contributed by atoms with E-state index < -0.39 is 0 Å². The Balaban J connectivity index is 2.54. The molecule has 0 atom stereocenters. The summed E-state index contributed by atoms with van der Waals surface area (Å²) in [5.41, 5.74) is 0. The Hall–Kier alpha value is -1.62. The minimum absolute atomic E-state index is 0.0382. The molecule has 0 spiro atoms. The third-order valence-corrected chi connectivity index (χ3v) is 1.94. The molecule has 15 heavy (non-hydrogen) atoms. The average molecular weight is 209 g/mol. The highest BCUT2D eigenvalue weighted by Gasteiger charge is 2.10. The highest BCUT2D eigenvalue weighted by molar-refractivity contribution is 5.88. The van der Waals surface area contributed by atoms with Crippen molar-refractivity contribution in [3.05, 3.63) is 24.4 Å². The first-order valence-electron chi connectivity index (χ1n) is 4.85. The summed E-state index contributed by atoms with van der Waals surface area (Å²) in [6.45, 7) is 2.70. The molecule has 0 aliphatic carbocycles. The zero-order valence-corrected chi connectivity index (χ0v) is 8.68. The Labute approximate surface area is 88.7 Å². The summed E-state index contributed by atoms with van der Waals surface area (Å²) in [5, 5.41) is 11.4. The number of carbonyl (C=O) groups is 1. The Morgan fingerprint density at radius 1 is 1.60 bits per heavy atom. The number of pyridine rings is 1. The van der Waals surface area contributed by atoms with Crippen LogP contribution in [0.1, 0.15) is 6.92 Å². The van der Waals surface area contributed by atoms with Gasteiger partial charge in [0.25, 0.3) is 0 Å². The Morgan fingerprint density at radius 3 is 2.93 bits per heavy atom. The third-order valence-electron chi connectivity index (χ3n) is 1.94. The number of anilines is 1. The molecule has 1 aromatic heterocycles. The second kappa shape index (κ2) is 5.98. The number of urea groups is 1. The number of nitrogens with one attached hydrogen (secondary N) is 1. The molecule has 2 amide bonds. The second-order valence-electron chi connectivity index (χ2n) is 2.95. The van der Waals surface area contributed by atoms with Crippen LogP contribution in [0.3, 0.4) is 0 Å². The number of amides is 2. The molecule has 1 rings (SSSR count). The van der Waals surface area contributed by atoms with Gasteiger partial charge in [-0.3, -0.25) is 5.32 Å². The van der Waals surface area contributed by atoms with E-state index in [1.165, 1.54) is 4.90 Å². The summed E-state index contributed by atoms with van der Waals surface area (Å²) in [6, 6.07) is 5.04. The molecule has 0 saturated carbocycles. The van der Waals surface area contributed by atoms with E-state index in [0.717, 1.165) is 0 Å². The van der Waals surface area contributed by atoms with E-state index in [0.29, 0.717) is 18.9 Å². The van der Waals surface area contributed by atoms with Gasteiger partial charge in [-0.2, -0.15) is 0 Å². The molecule has 1 aromatic rings. The summed E-state index contributed by atoms with van der Waals surface area (Å²) < 4.78 is 0. The standard InChI is InChI=1S/C10H15N3O2/c1-2-13(7-8-14)10(15)12-9-5-3-4-6-11-9/h3-6,14H,2,7-8H2,1H3,(H,11,12,15). The minimum Gasteiger partial charge on any atom is -0.395 e. The van der Waals surface area contributed by atoms with E-state index in [1.54, 1.807) is 24.4 Å². The predicted molar refractivity (Wildman–Crippen MR) is 57.6 cm³/mol. The maximum atomic E-state index is 11.6. The van der Waals surface area contributed by atoms with Gasteiger partial charge < -0.3 is 10.0 Å². The first-order valence-corrected chi connectivity index (χ1v) is 4.85. The molecule has 82 valence electrons. The summed E-state index contributed by atoms with van der Waals surface area (Å²) in [5.74, 6) is 0.513. The van der Waals surface area contributed by atoms with Crippen LogP contribution in [0.15, 0.2) is 24.4 Å². The summed E-state index contributed by atoms with van der Waals surface area (Å²) in [4.78, 5) is 17.1. The van der Waals surface area contributed by atoms with E-state index in [-0.39, 0.29) is 12.6 Å². The lowest BCUT2D eigenvalue weighted by Gasteiger charge is -2.19. The van der Waals surface area contributed by atoms with Crippen molar-refractivity contribution in [1.82, 2.24) is 9.88 Å². The fourth-order valence-electron chi connectivity index (χ4n) is 1.15. The number of aliphatic hydroxyl groups is 1. The van der Waals surface area contributed by atoms with E-state index in [9.17, 15) is 4.79 Å². The molecule has 0 unspecified atom stereocenters. The number of rotatable bonds is 4. The molecular formula is C10H15N3O2. The van der Waals surface area contributed by atoms with E-state index in [4.69, 9.17) is 5.11 Å². The number of aliphatic hydroxyl groups excluding tert-OH is 1. The molecule has 0 aliphatic heterocycles. The topological polar surface area (TPSA) is 65.5 Å². The SMILES string of the molecule is CCN(CCO)C(=O)Nc1ccccn1. The maximum absolute atomic E-state index is 11.6. The lowest BCUT2D eigenvalue weighted by Crippen LogP contribution is -2.36. The molecule has 0 aliphatic rings. The van der Waals surface area contributed by atoms with Crippen LogP contribution in [0.2, 0.25) is 0 Å². The van der Waals surface area contributed by atoms with Gasteiger partial charge in [-0.25, -0.2) is 9.78 Å². The van der Waals surface area contributed by atoms with Gasteiger partial charge in [0.2, 0.25) is 0 Å². The summed E-state index contributed by atoms with van der Waals surface area (Å²) in [7, 11) is 0.